The first-order valence-electron chi connectivity index (χ1n) is 6.11. The first kappa shape index (κ1) is 14.8. The van der Waals surface area contributed by atoms with Crippen LogP contribution in [0.1, 0.15) is 19.0 Å². The van der Waals surface area contributed by atoms with E-state index in [4.69, 9.17) is 9.84 Å². The van der Waals surface area contributed by atoms with Crippen molar-refractivity contribution in [1.29, 1.82) is 0 Å². The van der Waals surface area contributed by atoms with E-state index < -0.39 is 5.97 Å². The van der Waals surface area contributed by atoms with Crippen molar-refractivity contribution in [3.8, 4) is 5.75 Å². The Hall–Kier alpha value is -1.60. The van der Waals surface area contributed by atoms with E-state index in [0.717, 1.165) is 21.5 Å². The predicted molar refractivity (Wildman–Crippen MR) is 77.6 cm³/mol. The minimum Gasteiger partial charge on any atom is -0.491 e. The zero-order chi connectivity index (χ0) is 14.4. The fourth-order valence-electron chi connectivity index (χ4n) is 1.43. The molecule has 0 aromatic carbocycles. The number of aliphatic carboxylic acids is 1. The van der Waals surface area contributed by atoms with Crippen LogP contribution in [0.15, 0.2) is 33.1 Å². The molecule has 7 heteroatoms. The molecule has 0 aliphatic rings. The molecule has 0 saturated heterocycles. The maximum atomic E-state index is 10.6. The summed E-state index contributed by atoms with van der Waals surface area (Å²) in [4.78, 5) is 19.2. The second-order valence-electron chi connectivity index (χ2n) is 3.93. The highest BCUT2D eigenvalue weighted by atomic mass is 32.2. The molecular formula is C13H14N2O3S2. The molecule has 0 bridgehead atoms. The molecule has 0 aliphatic heterocycles. The van der Waals surface area contributed by atoms with Crippen molar-refractivity contribution in [2.75, 3.05) is 6.61 Å². The van der Waals surface area contributed by atoms with Gasteiger partial charge in [0.1, 0.15) is 5.03 Å². The molecule has 2 aromatic heterocycles. The second kappa shape index (κ2) is 7.25. The van der Waals surface area contributed by atoms with Crippen LogP contribution >= 0.6 is 23.1 Å². The van der Waals surface area contributed by atoms with Gasteiger partial charge >= 0.3 is 5.97 Å². The lowest BCUT2D eigenvalue weighted by atomic mass is 10.3. The van der Waals surface area contributed by atoms with Gasteiger partial charge in [-0.1, -0.05) is 6.92 Å². The molecule has 0 unspecified atom stereocenters. The van der Waals surface area contributed by atoms with Crippen LogP contribution in [0.5, 0.6) is 5.75 Å². The zero-order valence-corrected chi connectivity index (χ0v) is 12.5. The molecule has 2 rings (SSSR count). The number of nitrogens with zero attached hydrogens (tertiary/aromatic N) is 2. The molecule has 0 atom stereocenters. The van der Waals surface area contributed by atoms with E-state index in [1.807, 2.05) is 19.1 Å². The number of carbonyl (C=O) groups is 1. The molecule has 0 aliphatic carbocycles. The third-order valence-corrected chi connectivity index (χ3v) is 4.23. The molecule has 20 heavy (non-hydrogen) atoms. The van der Waals surface area contributed by atoms with Crippen molar-refractivity contribution in [3.05, 3.63) is 29.4 Å². The quantitative estimate of drug-likeness (QED) is 0.847. The fraction of sp³-hybridized carbons (Fsp3) is 0.308. The van der Waals surface area contributed by atoms with Crippen molar-refractivity contribution < 1.29 is 14.6 Å². The number of ether oxygens (including phenoxy) is 1. The van der Waals surface area contributed by atoms with Gasteiger partial charge in [0.25, 0.3) is 0 Å². The molecule has 0 spiro atoms. The first-order chi connectivity index (χ1) is 9.69. The summed E-state index contributed by atoms with van der Waals surface area (Å²) in [6, 6.07) is 3.70. The molecule has 106 valence electrons. The second-order valence-corrected chi connectivity index (χ2v) is 6.03. The van der Waals surface area contributed by atoms with E-state index in [0.29, 0.717) is 12.3 Å². The molecule has 0 amide bonds. The largest absolute Gasteiger partial charge is 0.491 e. The van der Waals surface area contributed by atoms with Gasteiger partial charge in [0, 0.05) is 11.6 Å². The van der Waals surface area contributed by atoms with Gasteiger partial charge in [0.15, 0.2) is 10.1 Å². The first-order valence-corrected chi connectivity index (χ1v) is 7.80. The monoisotopic (exact) mass is 310 g/mol. The maximum absolute atomic E-state index is 10.6. The van der Waals surface area contributed by atoms with Crippen molar-refractivity contribution >= 4 is 29.1 Å². The highest BCUT2D eigenvalue weighted by molar-refractivity contribution is 8.01. The van der Waals surface area contributed by atoms with Crippen LogP contribution < -0.4 is 4.74 Å². The molecule has 2 heterocycles. The number of thiazole rings is 1. The molecule has 1 N–H and O–H groups in total. The summed E-state index contributed by atoms with van der Waals surface area (Å²) >= 11 is 2.80. The number of hydrogen-bond donors (Lipinski definition) is 1. The number of carboxylic acid groups (broad SMARTS) is 1. The summed E-state index contributed by atoms with van der Waals surface area (Å²) in [5.74, 6) is -0.147. The minimum absolute atomic E-state index is 0.0571. The minimum atomic E-state index is -0.878. The van der Waals surface area contributed by atoms with Crippen molar-refractivity contribution in [1.82, 2.24) is 9.97 Å². The smallest absolute Gasteiger partial charge is 0.309 e. The molecule has 2 aromatic rings. The number of aromatic nitrogens is 2. The van der Waals surface area contributed by atoms with Gasteiger partial charge in [0.2, 0.25) is 0 Å². The molecule has 0 fully saturated rings. The van der Waals surface area contributed by atoms with Crippen LogP contribution in [-0.2, 0) is 11.2 Å². The Morgan fingerprint density at radius 2 is 2.40 bits per heavy atom. The van der Waals surface area contributed by atoms with Gasteiger partial charge in [-0.3, -0.25) is 4.79 Å². The molecular weight excluding hydrogens is 296 g/mol. The molecule has 0 radical (unpaired) electrons. The van der Waals surface area contributed by atoms with Gasteiger partial charge in [-0.15, -0.1) is 11.3 Å². The Balaban J connectivity index is 2.09. The van der Waals surface area contributed by atoms with E-state index in [2.05, 4.69) is 9.97 Å². The van der Waals surface area contributed by atoms with Crippen LogP contribution in [0.25, 0.3) is 0 Å². The lowest BCUT2D eigenvalue weighted by molar-refractivity contribution is -0.136. The normalized spacial score (nSPS) is 10.4. The Kier molecular flexibility index (Phi) is 5.37. The van der Waals surface area contributed by atoms with Crippen molar-refractivity contribution in [3.63, 3.8) is 0 Å². The highest BCUT2D eigenvalue weighted by Crippen LogP contribution is 2.34. The number of rotatable bonds is 7. The highest BCUT2D eigenvalue weighted by Gasteiger charge is 2.11. The number of pyridine rings is 1. The summed E-state index contributed by atoms with van der Waals surface area (Å²) in [6.07, 6.45) is 2.57. The van der Waals surface area contributed by atoms with Crippen LogP contribution in [0.3, 0.4) is 0 Å². The lowest BCUT2D eigenvalue weighted by Crippen LogP contribution is -2.00. The SMILES string of the molecule is CCCOc1cccnc1Sc1nc(CC(=O)O)cs1. The number of hydrogen-bond acceptors (Lipinski definition) is 6. The Morgan fingerprint density at radius 3 is 3.15 bits per heavy atom. The van der Waals surface area contributed by atoms with Gasteiger partial charge in [-0.05, 0) is 30.3 Å². The fourth-order valence-corrected chi connectivity index (χ4v) is 3.21. The van der Waals surface area contributed by atoms with Gasteiger partial charge < -0.3 is 9.84 Å². The van der Waals surface area contributed by atoms with E-state index in [1.165, 1.54) is 23.1 Å². The third kappa shape index (κ3) is 4.21. The predicted octanol–water partition coefficient (Wildman–Crippen LogP) is 3.11. The lowest BCUT2D eigenvalue weighted by Gasteiger charge is -2.07. The molecule has 5 nitrogen and oxygen atoms in total. The van der Waals surface area contributed by atoms with E-state index in [1.54, 1.807) is 11.6 Å². The number of carboxylic acids is 1. The average Bonchev–Trinajstić information content (AvgIpc) is 2.84. The third-order valence-electron chi connectivity index (χ3n) is 2.24. The average molecular weight is 310 g/mol. The zero-order valence-electron chi connectivity index (χ0n) is 10.9. The Morgan fingerprint density at radius 1 is 1.55 bits per heavy atom. The maximum Gasteiger partial charge on any atom is 0.309 e. The standard InChI is InChI=1S/C13H14N2O3S2/c1-2-6-18-10-4-3-5-14-12(10)20-13-15-9(8-19-13)7-11(16)17/h3-5,8H,2,6-7H2,1H3,(H,16,17). The topological polar surface area (TPSA) is 72.3 Å². The molecule has 0 saturated carbocycles. The Labute approximate surface area is 125 Å². The van der Waals surface area contributed by atoms with Gasteiger partial charge in [0.05, 0.1) is 18.7 Å². The van der Waals surface area contributed by atoms with E-state index >= 15 is 0 Å². The summed E-state index contributed by atoms with van der Waals surface area (Å²) < 4.78 is 6.39. The summed E-state index contributed by atoms with van der Waals surface area (Å²) in [5, 5.41) is 11.2. The van der Waals surface area contributed by atoms with Crippen LogP contribution in [-0.4, -0.2) is 27.7 Å². The van der Waals surface area contributed by atoms with Gasteiger partial charge in [-0.2, -0.15) is 0 Å². The van der Waals surface area contributed by atoms with Crippen molar-refractivity contribution in [2.45, 2.75) is 29.1 Å². The van der Waals surface area contributed by atoms with Crippen LogP contribution in [0.4, 0.5) is 0 Å². The van der Waals surface area contributed by atoms with Crippen LogP contribution in [0.2, 0.25) is 0 Å². The van der Waals surface area contributed by atoms with E-state index in [-0.39, 0.29) is 6.42 Å². The van der Waals surface area contributed by atoms with Crippen molar-refractivity contribution in [2.24, 2.45) is 0 Å². The summed E-state index contributed by atoms with van der Waals surface area (Å²) in [5.41, 5.74) is 0.567. The van der Waals surface area contributed by atoms with E-state index in [9.17, 15) is 4.79 Å². The van der Waals surface area contributed by atoms with Crippen LogP contribution in [0, 0.1) is 0 Å². The summed E-state index contributed by atoms with van der Waals surface area (Å²) in [7, 11) is 0. The Bertz CT molecular complexity index is 587. The summed E-state index contributed by atoms with van der Waals surface area (Å²) in [6.45, 7) is 2.68. The van der Waals surface area contributed by atoms with Gasteiger partial charge in [-0.25, -0.2) is 9.97 Å².